The van der Waals surface area contributed by atoms with Gasteiger partial charge >= 0.3 is 0 Å². The molecule has 150 valence electrons. The number of thiophene rings is 1. The molecule has 1 aromatic heterocycles. The number of halogens is 2. The van der Waals surface area contributed by atoms with Gasteiger partial charge in [-0.1, -0.05) is 82.1 Å². The second kappa shape index (κ2) is 9.34. The molecule has 4 aromatic carbocycles. The van der Waals surface area contributed by atoms with Crippen LogP contribution in [0, 0.1) is 0 Å². The minimum absolute atomic E-state index is 1.04. The van der Waals surface area contributed by atoms with Crippen molar-refractivity contribution in [3.8, 4) is 0 Å². The predicted molar refractivity (Wildman–Crippen MR) is 141 cm³/mol. The van der Waals surface area contributed by atoms with Crippen LogP contribution in [0.25, 0.3) is 20.2 Å². The highest BCUT2D eigenvalue weighted by Crippen LogP contribution is 2.41. The molecule has 1 heterocycles. The molecule has 0 fully saturated rings. The Morgan fingerprint density at radius 2 is 1.20 bits per heavy atom. The Balaban J connectivity index is 0.00000106. The summed E-state index contributed by atoms with van der Waals surface area (Å²) >= 11 is 9.12. The number of para-hydroxylation sites is 1. The third-order valence-electron chi connectivity index (χ3n) is 4.74. The van der Waals surface area contributed by atoms with Crippen LogP contribution >= 0.6 is 43.2 Å². The van der Waals surface area contributed by atoms with E-state index in [1.54, 1.807) is 0 Å². The molecule has 0 aliphatic rings. The topological polar surface area (TPSA) is 3.24 Å². The first-order valence-electron chi connectivity index (χ1n) is 9.92. The normalized spacial score (nSPS) is 10.7. The number of fused-ring (bicyclic) bond motifs is 3. The molecule has 0 saturated heterocycles. The largest absolute Gasteiger partial charge is 0.310 e. The minimum Gasteiger partial charge on any atom is -0.310 e. The quantitative estimate of drug-likeness (QED) is 0.221. The standard InChI is InChI=1S/C24H15Br2NS.C2H6/c25-16-12-17(26)14-20(13-16)27(18-6-2-1-3-7-18)19-10-11-24-22(15-19)21-8-4-5-9-23(21)28-24;1-2/h1-15H;1-2H3. The molecule has 0 spiro atoms. The third kappa shape index (κ3) is 4.18. The Bertz CT molecular complexity index is 1270. The lowest BCUT2D eigenvalue weighted by atomic mass is 10.1. The van der Waals surface area contributed by atoms with Gasteiger partial charge in [0, 0.05) is 46.2 Å². The molecule has 0 saturated carbocycles. The maximum Gasteiger partial charge on any atom is 0.0484 e. The molecule has 0 amide bonds. The first-order valence-corrected chi connectivity index (χ1v) is 12.3. The van der Waals surface area contributed by atoms with Gasteiger partial charge in [0.2, 0.25) is 0 Å². The van der Waals surface area contributed by atoms with E-state index in [9.17, 15) is 0 Å². The number of nitrogens with zero attached hydrogens (tertiary/aromatic N) is 1. The maximum absolute atomic E-state index is 3.64. The van der Waals surface area contributed by atoms with Crippen molar-refractivity contribution >= 4 is 80.4 Å². The Labute approximate surface area is 198 Å². The average Bonchev–Trinajstić information content (AvgIpc) is 3.14. The van der Waals surface area contributed by atoms with Gasteiger partial charge in [0.1, 0.15) is 0 Å². The molecule has 0 unspecified atom stereocenters. The highest BCUT2D eigenvalue weighted by molar-refractivity contribution is 9.11. The predicted octanol–water partition coefficient (Wildman–Crippen LogP) is 10.1. The van der Waals surface area contributed by atoms with Gasteiger partial charge < -0.3 is 4.90 Å². The van der Waals surface area contributed by atoms with E-state index in [0.29, 0.717) is 0 Å². The van der Waals surface area contributed by atoms with Crippen LogP contribution in [0.4, 0.5) is 17.1 Å². The molecule has 0 aliphatic heterocycles. The van der Waals surface area contributed by atoms with Crippen molar-refractivity contribution in [2.75, 3.05) is 4.90 Å². The lowest BCUT2D eigenvalue weighted by Gasteiger charge is -2.26. The van der Waals surface area contributed by atoms with Gasteiger partial charge in [0.05, 0.1) is 0 Å². The summed E-state index contributed by atoms with van der Waals surface area (Å²) in [6, 6.07) is 32.2. The third-order valence-corrected chi connectivity index (χ3v) is 6.81. The number of anilines is 3. The van der Waals surface area contributed by atoms with Gasteiger partial charge in [-0.05, 0) is 54.6 Å². The average molecular weight is 539 g/mol. The van der Waals surface area contributed by atoms with E-state index in [-0.39, 0.29) is 0 Å². The highest BCUT2D eigenvalue weighted by Gasteiger charge is 2.15. The Morgan fingerprint density at radius 3 is 1.93 bits per heavy atom. The van der Waals surface area contributed by atoms with Crippen LogP contribution in [-0.4, -0.2) is 0 Å². The van der Waals surface area contributed by atoms with Gasteiger partial charge in [0.25, 0.3) is 0 Å². The Kier molecular flexibility index (Phi) is 6.57. The number of rotatable bonds is 3. The van der Waals surface area contributed by atoms with Crippen molar-refractivity contribution in [3.05, 3.63) is 99.9 Å². The first-order chi connectivity index (χ1) is 14.7. The fourth-order valence-electron chi connectivity index (χ4n) is 3.55. The van der Waals surface area contributed by atoms with E-state index in [4.69, 9.17) is 0 Å². The van der Waals surface area contributed by atoms with Crippen LogP contribution in [0.1, 0.15) is 13.8 Å². The van der Waals surface area contributed by atoms with Crippen molar-refractivity contribution in [2.45, 2.75) is 13.8 Å². The Morgan fingerprint density at radius 1 is 0.567 bits per heavy atom. The van der Waals surface area contributed by atoms with Gasteiger partial charge in [-0.25, -0.2) is 0 Å². The monoisotopic (exact) mass is 537 g/mol. The van der Waals surface area contributed by atoms with Gasteiger partial charge in [0.15, 0.2) is 0 Å². The lowest BCUT2D eigenvalue weighted by Crippen LogP contribution is -2.09. The lowest BCUT2D eigenvalue weighted by molar-refractivity contribution is 1.28. The smallest absolute Gasteiger partial charge is 0.0484 e. The fraction of sp³-hybridized carbons (Fsp3) is 0.0769. The van der Waals surface area contributed by atoms with Crippen molar-refractivity contribution in [3.63, 3.8) is 0 Å². The zero-order valence-electron chi connectivity index (χ0n) is 16.8. The summed E-state index contributed by atoms with van der Waals surface area (Å²) in [6.45, 7) is 4.00. The van der Waals surface area contributed by atoms with Gasteiger partial charge in [-0.2, -0.15) is 0 Å². The SMILES string of the molecule is Brc1cc(Br)cc(N(c2ccccc2)c2ccc3sc4ccccc4c3c2)c1.CC. The van der Waals surface area contributed by atoms with E-state index in [1.165, 1.54) is 20.2 Å². The summed E-state index contributed by atoms with van der Waals surface area (Å²) in [5, 5.41) is 2.61. The van der Waals surface area contributed by atoms with Gasteiger partial charge in [-0.15, -0.1) is 11.3 Å². The van der Waals surface area contributed by atoms with E-state index < -0.39 is 0 Å². The second-order valence-electron chi connectivity index (χ2n) is 6.58. The maximum atomic E-state index is 3.64. The summed E-state index contributed by atoms with van der Waals surface area (Å²) in [4.78, 5) is 2.29. The van der Waals surface area contributed by atoms with Crippen LogP contribution in [0.15, 0.2) is 99.9 Å². The zero-order valence-corrected chi connectivity index (χ0v) is 20.8. The second-order valence-corrected chi connectivity index (χ2v) is 9.49. The van der Waals surface area contributed by atoms with Crippen LogP contribution in [0.3, 0.4) is 0 Å². The van der Waals surface area contributed by atoms with E-state index in [1.807, 2.05) is 31.3 Å². The molecular formula is C26H21Br2NS. The summed E-state index contributed by atoms with van der Waals surface area (Å²) in [5.41, 5.74) is 3.38. The van der Waals surface area contributed by atoms with Crippen molar-refractivity contribution < 1.29 is 0 Å². The van der Waals surface area contributed by atoms with E-state index >= 15 is 0 Å². The summed E-state index contributed by atoms with van der Waals surface area (Å²) < 4.78 is 4.72. The molecule has 30 heavy (non-hydrogen) atoms. The summed E-state index contributed by atoms with van der Waals surface area (Å²) in [7, 11) is 0. The van der Waals surface area contributed by atoms with Crippen LogP contribution < -0.4 is 4.90 Å². The fourth-order valence-corrected chi connectivity index (χ4v) is 5.90. The highest BCUT2D eigenvalue weighted by atomic mass is 79.9. The molecule has 0 N–H and O–H groups in total. The molecular weight excluding hydrogens is 518 g/mol. The molecule has 0 aliphatic carbocycles. The zero-order chi connectivity index (χ0) is 21.1. The molecule has 0 radical (unpaired) electrons. The van der Waals surface area contributed by atoms with Crippen LogP contribution in [-0.2, 0) is 0 Å². The van der Waals surface area contributed by atoms with Crippen LogP contribution in [0.5, 0.6) is 0 Å². The van der Waals surface area contributed by atoms with E-state index in [2.05, 4.69) is 122 Å². The molecule has 4 heteroatoms. The first kappa shape index (κ1) is 21.1. The van der Waals surface area contributed by atoms with E-state index in [0.717, 1.165) is 26.0 Å². The van der Waals surface area contributed by atoms with Gasteiger partial charge in [-0.3, -0.25) is 0 Å². The van der Waals surface area contributed by atoms with Crippen molar-refractivity contribution in [1.82, 2.24) is 0 Å². The summed E-state index contributed by atoms with van der Waals surface area (Å²) in [6.07, 6.45) is 0. The number of hydrogen-bond acceptors (Lipinski definition) is 2. The number of benzene rings is 4. The minimum atomic E-state index is 1.04. The summed E-state index contributed by atoms with van der Waals surface area (Å²) in [5.74, 6) is 0. The molecule has 0 atom stereocenters. The molecule has 1 nitrogen and oxygen atoms in total. The molecule has 5 aromatic rings. The Hall–Kier alpha value is -2.14. The van der Waals surface area contributed by atoms with Crippen molar-refractivity contribution in [2.24, 2.45) is 0 Å². The molecule has 5 rings (SSSR count). The van der Waals surface area contributed by atoms with Crippen molar-refractivity contribution in [1.29, 1.82) is 0 Å². The number of hydrogen-bond donors (Lipinski definition) is 0. The molecule has 0 bridgehead atoms. The van der Waals surface area contributed by atoms with Crippen LogP contribution in [0.2, 0.25) is 0 Å².